The standard InChI is InChI=1S/C13H16Cl2/c1-4-11(8-13(14)15)12-6-5-9(2)7-10(12)3/h5-8,11H,4H2,1-3H3. The van der Waals surface area contributed by atoms with Crippen LogP contribution in [0, 0.1) is 13.8 Å². The molecule has 0 saturated heterocycles. The second-order valence-corrected chi connectivity index (χ2v) is 4.84. The molecule has 15 heavy (non-hydrogen) atoms. The highest BCUT2D eigenvalue weighted by atomic mass is 35.5. The number of halogens is 2. The molecule has 0 spiro atoms. The quantitative estimate of drug-likeness (QED) is 0.691. The molecule has 2 heteroatoms. The number of aryl methyl sites for hydroxylation is 2. The molecule has 0 aliphatic carbocycles. The first-order valence-electron chi connectivity index (χ1n) is 5.14. The Morgan fingerprint density at radius 2 is 2.00 bits per heavy atom. The molecule has 0 aliphatic heterocycles. The van der Waals surface area contributed by atoms with Gasteiger partial charge < -0.3 is 0 Å². The Morgan fingerprint density at radius 1 is 1.33 bits per heavy atom. The summed E-state index contributed by atoms with van der Waals surface area (Å²) in [6, 6.07) is 6.47. The monoisotopic (exact) mass is 242 g/mol. The number of rotatable bonds is 3. The zero-order valence-electron chi connectivity index (χ0n) is 9.35. The Hall–Kier alpha value is -0.460. The van der Waals surface area contributed by atoms with Crippen molar-refractivity contribution >= 4 is 23.2 Å². The summed E-state index contributed by atoms with van der Waals surface area (Å²) in [7, 11) is 0. The summed E-state index contributed by atoms with van der Waals surface area (Å²) >= 11 is 11.4. The maximum absolute atomic E-state index is 5.71. The van der Waals surface area contributed by atoms with Crippen molar-refractivity contribution in [2.24, 2.45) is 0 Å². The van der Waals surface area contributed by atoms with Gasteiger partial charge in [-0.05, 0) is 37.5 Å². The second kappa shape index (κ2) is 5.58. The van der Waals surface area contributed by atoms with E-state index in [0.29, 0.717) is 10.4 Å². The van der Waals surface area contributed by atoms with Crippen molar-refractivity contribution in [3.05, 3.63) is 45.5 Å². The van der Waals surface area contributed by atoms with Crippen LogP contribution in [-0.2, 0) is 0 Å². The van der Waals surface area contributed by atoms with Gasteiger partial charge >= 0.3 is 0 Å². The maximum atomic E-state index is 5.71. The Bertz CT molecular complexity index is 363. The Balaban J connectivity index is 3.07. The molecule has 1 atom stereocenters. The first kappa shape index (κ1) is 12.6. The molecule has 0 aromatic heterocycles. The minimum Gasteiger partial charge on any atom is -0.0712 e. The molecular weight excluding hydrogens is 227 g/mol. The molecule has 0 aliphatic rings. The lowest BCUT2D eigenvalue weighted by Crippen LogP contribution is -1.97. The van der Waals surface area contributed by atoms with Gasteiger partial charge in [0.05, 0.1) is 0 Å². The minimum atomic E-state index is 0.315. The first-order chi connectivity index (χ1) is 7.04. The molecule has 0 radical (unpaired) electrons. The topological polar surface area (TPSA) is 0 Å². The van der Waals surface area contributed by atoms with Crippen molar-refractivity contribution < 1.29 is 0 Å². The van der Waals surface area contributed by atoms with Crippen molar-refractivity contribution in [1.29, 1.82) is 0 Å². The molecule has 0 N–H and O–H groups in total. The van der Waals surface area contributed by atoms with Gasteiger partial charge in [-0.3, -0.25) is 0 Å². The molecule has 1 aromatic rings. The van der Waals surface area contributed by atoms with Crippen LogP contribution in [-0.4, -0.2) is 0 Å². The van der Waals surface area contributed by atoms with Crippen LogP contribution < -0.4 is 0 Å². The van der Waals surface area contributed by atoms with E-state index in [1.165, 1.54) is 16.7 Å². The molecule has 0 heterocycles. The van der Waals surface area contributed by atoms with Crippen LogP contribution in [0.4, 0.5) is 0 Å². The SMILES string of the molecule is CCC(C=C(Cl)Cl)c1ccc(C)cc1C. The maximum Gasteiger partial charge on any atom is 0.103 e. The Morgan fingerprint density at radius 3 is 2.47 bits per heavy atom. The van der Waals surface area contributed by atoms with Gasteiger partial charge in [0.1, 0.15) is 4.49 Å². The van der Waals surface area contributed by atoms with Gasteiger partial charge in [-0.15, -0.1) is 0 Å². The summed E-state index contributed by atoms with van der Waals surface area (Å²) in [6.45, 7) is 6.36. The average Bonchev–Trinajstić information content (AvgIpc) is 2.14. The fourth-order valence-electron chi connectivity index (χ4n) is 1.82. The predicted octanol–water partition coefficient (Wildman–Crippen LogP) is 5.12. The highest BCUT2D eigenvalue weighted by Crippen LogP contribution is 2.27. The fraction of sp³-hybridized carbons (Fsp3) is 0.385. The van der Waals surface area contributed by atoms with Crippen molar-refractivity contribution in [2.75, 3.05) is 0 Å². The number of allylic oxidation sites excluding steroid dienone is 1. The molecule has 0 nitrogen and oxygen atoms in total. The van der Waals surface area contributed by atoms with E-state index in [2.05, 4.69) is 39.0 Å². The summed E-state index contributed by atoms with van der Waals surface area (Å²) in [6.07, 6.45) is 2.91. The molecule has 0 amide bonds. The van der Waals surface area contributed by atoms with Crippen LogP contribution in [0.1, 0.15) is 36.0 Å². The van der Waals surface area contributed by atoms with Gasteiger partial charge in [0.2, 0.25) is 0 Å². The highest BCUT2D eigenvalue weighted by Gasteiger charge is 2.09. The molecule has 82 valence electrons. The van der Waals surface area contributed by atoms with E-state index in [1.807, 2.05) is 6.08 Å². The molecule has 1 aromatic carbocycles. The lowest BCUT2D eigenvalue weighted by Gasteiger charge is -2.14. The number of hydrogen-bond acceptors (Lipinski definition) is 0. The predicted molar refractivity (Wildman–Crippen MR) is 68.7 cm³/mol. The zero-order chi connectivity index (χ0) is 11.4. The number of benzene rings is 1. The van der Waals surface area contributed by atoms with E-state index in [0.717, 1.165) is 6.42 Å². The van der Waals surface area contributed by atoms with Crippen molar-refractivity contribution in [1.82, 2.24) is 0 Å². The van der Waals surface area contributed by atoms with Crippen LogP contribution in [0.25, 0.3) is 0 Å². The van der Waals surface area contributed by atoms with Crippen LogP contribution in [0.15, 0.2) is 28.8 Å². The summed E-state index contributed by atoms with van der Waals surface area (Å²) in [5.41, 5.74) is 3.89. The van der Waals surface area contributed by atoms with Crippen LogP contribution >= 0.6 is 23.2 Å². The van der Waals surface area contributed by atoms with Gasteiger partial charge in [-0.25, -0.2) is 0 Å². The molecule has 1 rings (SSSR count). The van der Waals surface area contributed by atoms with Crippen molar-refractivity contribution in [3.8, 4) is 0 Å². The fourth-order valence-corrected chi connectivity index (χ4v) is 2.13. The van der Waals surface area contributed by atoms with Crippen LogP contribution in [0.5, 0.6) is 0 Å². The molecule has 0 saturated carbocycles. The van der Waals surface area contributed by atoms with Crippen molar-refractivity contribution in [3.63, 3.8) is 0 Å². The summed E-state index contributed by atoms with van der Waals surface area (Å²) in [5.74, 6) is 0.315. The smallest absolute Gasteiger partial charge is 0.0712 e. The van der Waals surface area contributed by atoms with E-state index in [9.17, 15) is 0 Å². The van der Waals surface area contributed by atoms with Crippen LogP contribution in [0.2, 0.25) is 0 Å². The summed E-state index contributed by atoms with van der Waals surface area (Å²) in [5, 5.41) is 0. The molecule has 1 unspecified atom stereocenters. The largest absolute Gasteiger partial charge is 0.103 e. The van der Waals surface area contributed by atoms with E-state index in [4.69, 9.17) is 23.2 Å². The van der Waals surface area contributed by atoms with E-state index in [-0.39, 0.29) is 0 Å². The van der Waals surface area contributed by atoms with E-state index < -0.39 is 0 Å². The average molecular weight is 243 g/mol. The third kappa shape index (κ3) is 3.55. The van der Waals surface area contributed by atoms with Gasteiger partial charge in [-0.1, -0.05) is 53.9 Å². The van der Waals surface area contributed by atoms with E-state index >= 15 is 0 Å². The normalized spacial score (nSPS) is 12.3. The lowest BCUT2D eigenvalue weighted by molar-refractivity contribution is 0.798. The molecular formula is C13H16Cl2. The zero-order valence-corrected chi connectivity index (χ0v) is 10.9. The number of hydrogen-bond donors (Lipinski definition) is 0. The van der Waals surface area contributed by atoms with E-state index in [1.54, 1.807) is 0 Å². The third-order valence-corrected chi connectivity index (χ3v) is 2.84. The highest BCUT2D eigenvalue weighted by molar-refractivity contribution is 6.55. The summed E-state index contributed by atoms with van der Waals surface area (Å²) in [4.78, 5) is 0. The molecule has 0 fully saturated rings. The third-order valence-electron chi connectivity index (χ3n) is 2.59. The van der Waals surface area contributed by atoms with Gasteiger partial charge in [-0.2, -0.15) is 0 Å². The van der Waals surface area contributed by atoms with Crippen LogP contribution in [0.3, 0.4) is 0 Å². The van der Waals surface area contributed by atoms with Gasteiger partial charge in [0, 0.05) is 5.92 Å². The lowest BCUT2D eigenvalue weighted by atomic mass is 9.92. The van der Waals surface area contributed by atoms with Gasteiger partial charge in [0.25, 0.3) is 0 Å². The second-order valence-electron chi connectivity index (χ2n) is 3.83. The Kier molecular flexibility index (Phi) is 4.69. The van der Waals surface area contributed by atoms with Crippen molar-refractivity contribution in [2.45, 2.75) is 33.1 Å². The van der Waals surface area contributed by atoms with Gasteiger partial charge in [0.15, 0.2) is 0 Å². The summed E-state index contributed by atoms with van der Waals surface area (Å²) < 4.78 is 0.349. The minimum absolute atomic E-state index is 0.315. The Labute approximate surface area is 102 Å². The first-order valence-corrected chi connectivity index (χ1v) is 5.90. The molecule has 0 bridgehead atoms.